The van der Waals surface area contributed by atoms with Crippen LogP contribution in [0.15, 0.2) is 24.3 Å². The van der Waals surface area contributed by atoms with E-state index in [4.69, 9.17) is 17.0 Å². The summed E-state index contributed by atoms with van der Waals surface area (Å²) in [5, 5.41) is 7.78. The fraction of sp³-hybridized carbons (Fsp3) is 0.222. The van der Waals surface area contributed by atoms with Gasteiger partial charge in [-0.15, -0.1) is 0 Å². The van der Waals surface area contributed by atoms with E-state index >= 15 is 0 Å². The summed E-state index contributed by atoms with van der Waals surface area (Å²) >= 11 is 5.77. The molecule has 1 atom stereocenters. The van der Waals surface area contributed by atoms with Gasteiger partial charge in [-0.1, -0.05) is 30.7 Å². The number of benzene rings is 1. The van der Waals surface area contributed by atoms with Gasteiger partial charge >= 0.3 is 0 Å². The predicted octanol–water partition coefficient (Wildman–Crippen LogP) is 3.09. The zero-order valence-electron chi connectivity index (χ0n) is 6.34. The molecule has 1 aromatic rings. The lowest BCUT2D eigenvalue weighted by atomic mass is 10.0. The van der Waals surface area contributed by atoms with Crippen LogP contribution < -0.4 is 0 Å². The number of nitrogens with one attached hydrogen (secondary N) is 1. The van der Waals surface area contributed by atoms with Gasteiger partial charge in [-0.05, 0) is 17.7 Å². The van der Waals surface area contributed by atoms with Crippen molar-refractivity contribution in [3.63, 3.8) is 0 Å². The maximum absolute atomic E-state index is 7.05. The van der Waals surface area contributed by atoms with Crippen LogP contribution >= 0.6 is 11.6 Å². The van der Waals surface area contributed by atoms with Crippen LogP contribution in [-0.2, 0) is 0 Å². The Kier molecular flexibility index (Phi) is 2.66. The summed E-state index contributed by atoms with van der Waals surface area (Å²) in [5.41, 5.74) is 1.09. The van der Waals surface area contributed by atoms with E-state index in [9.17, 15) is 0 Å². The average Bonchev–Trinajstić information content (AvgIpc) is 2.03. The van der Waals surface area contributed by atoms with Gasteiger partial charge in [0.1, 0.15) is 0 Å². The van der Waals surface area contributed by atoms with E-state index in [0.29, 0.717) is 0 Å². The fourth-order valence-corrected chi connectivity index (χ4v) is 1.08. The second-order valence-electron chi connectivity index (χ2n) is 2.51. The first-order chi connectivity index (χ1) is 5.24. The molecular weight excluding hydrogens is 158 g/mol. The Labute approximate surface area is 71.5 Å². The van der Waals surface area contributed by atoms with Crippen molar-refractivity contribution in [1.82, 2.24) is 0 Å². The van der Waals surface area contributed by atoms with Crippen LogP contribution in [-0.4, -0.2) is 6.21 Å². The van der Waals surface area contributed by atoms with Crippen LogP contribution in [0.3, 0.4) is 0 Å². The van der Waals surface area contributed by atoms with Crippen molar-refractivity contribution in [1.29, 1.82) is 5.41 Å². The van der Waals surface area contributed by atoms with Crippen molar-refractivity contribution in [3.8, 4) is 0 Å². The third-order valence-electron chi connectivity index (χ3n) is 1.62. The maximum Gasteiger partial charge on any atom is 0.0408 e. The summed E-state index contributed by atoms with van der Waals surface area (Å²) in [6.07, 6.45) is 1.41. The zero-order valence-corrected chi connectivity index (χ0v) is 7.10. The number of rotatable bonds is 2. The van der Waals surface area contributed by atoms with Crippen molar-refractivity contribution in [2.75, 3.05) is 0 Å². The lowest BCUT2D eigenvalue weighted by molar-refractivity contribution is 1.04. The molecule has 0 aliphatic heterocycles. The van der Waals surface area contributed by atoms with Crippen LogP contribution in [0.2, 0.25) is 5.02 Å². The topological polar surface area (TPSA) is 23.9 Å². The molecule has 0 bridgehead atoms. The average molecular weight is 168 g/mol. The number of halogens is 1. The van der Waals surface area contributed by atoms with Crippen LogP contribution in [0, 0.1) is 5.41 Å². The number of hydrogen-bond acceptors (Lipinski definition) is 1. The Balaban J connectivity index is 2.95. The molecule has 1 aromatic carbocycles. The highest BCUT2D eigenvalue weighted by Crippen LogP contribution is 2.17. The summed E-state index contributed by atoms with van der Waals surface area (Å²) in [6, 6.07) is 7.60. The van der Waals surface area contributed by atoms with E-state index in [1.165, 1.54) is 6.21 Å². The molecule has 0 aromatic heterocycles. The van der Waals surface area contributed by atoms with Crippen molar-refractivity contribution >= 4 is 17.8 Å². The van der Waals surface area contributed by atoms with E-state index in [0.717, 1.165) is 10.6 Å². The Morgan fingerprint density at radius 1 is 1.55 bits per heavy atom. The van der Waals surface area contributed by atoms with Crippen molar-refractivity contribution in [2.24, 2.45) is 0 Å². The Hall–Kier alpha value is -0.820. The molecule has 1 nitrogen and oxygen atoms in total. The van der Waals surface area contributed by atoms with Crippen molar-refractivity contribution in [3.05, 3.63) is 34.9 Å². The van der Waals surface area contributed by atoms with Gasteiger partial charge in [0.2, 0.25) is 0 Å². The molecule has 0 fully saturated rings. The summed E-state index contributed by atoms with van der Waals surface area (Å²) < 4.78 is 0. The summed E-state index contributed by atoms with van der Waals surface area (Å²) in [5.74, 6) is 0.161. The molecule has 11 heavy (non-hydrogen) atoms. The summed E-state index contributed by atoms with van der Waals surface area (Å²) in [6.45, 7) is 1.97. The Morgan fingerprint density at radius 2 is 2.27 bits per heavy atom. The van der Waals surface area contributed by atoms with Gasteiger partial charge < -0.3 is 5.41 Å². The lowest BCUT2D eigenvalue weighted by Gasteiger charge is -2.04. The standard InChI is InChI=1S/C9H10ClN/c1-7(6-11)8-3-2-4-9(10)5-8/h2-7,11H,1H3. The van der Waals surface area contributed by atoms with Gasteiger partial charge in [-0.2, -0.15) is 0 Å². The van der Waals surface area contributed by atoms with Gasteiger partial charge in [0.15, 0.2) is 0 Å². The van der Waals surface area contributed by atoms with E-state index in [2.05, 4.69) is 0 Å². The first kappa shape index (κ1) is 8.28. The second kappa shape index (κ2) is 3.54. The SMILES string of the molecule is CC(C=N)c1cccc(Cl)c1. The Bertz CT molecular complexity index is 257. The molecule has 2 heteroatoms. The smallest absolute Gasteiger partial charge is 0.0408 e. The largest absolute Gasteiger partial charge is 0.312 e. The van der Waals surface area contributed by atoms with Gasteiger partial charge in [0.05, 0.1) is 0 Å². The summed E-state index contributed by atoms with van der Waals surface area (Å²) in [7, 11) is 0. The minimum Gasteiger partial charge on any atom is -0.312 e. The molecule has 0 radical (unpaired) electrons. The van der Waals surface area contributed by atoms with E-state index in [-0.39, 0.29) is 5.92 Å². The summed E-state index contributed by atoms with van der Waals surface area (Å²) in [4.78, 5) is 0. The third kappa shape index (κ3) is 2.05. The third-order valence-corrected chi connectivity index (χ3v) is 1.86. The van der Waals surface area contributed by atoms with Gasteiger partial charge in [-0.3, -0.25) is 0 Å². The first-order valence-electron chi connectivity index (χ1n) is 3.50. The highest BCUT2D eigenvalue weighted by molar-refractivity contribution is 6.30. The van der Waals surface area contributed by atoms with Crippen LogP contribution in [0.4, 0.5) is 0 Å². The number of hydrogen-bond donors (Lipinski definition) is 1. The van der Waals surface area contributed by atoms with E-state index in [1.54, 1.807) is 0 Å². The second-order valence-corrected chi connectivity index (χ2v) is 2.95. The molecule has 58 valence electrons. The molecule has 0 saturated heterocycles. The van der Waals surface area contributed by atoms with Crippen molar-refractivity contribution in [2.45, 2.75) is 12.8 Å². The molecule has 1 N–H and O–H groups in total. The quantitative estimate of drug-likeness (QED) is 0.655. The minimum absolute atomic E-state index is 0.161. The molecule has 0 aliphatic carbocycles. The highest BCUT2D eigenvalue weighted by atomic mass is 35.5. The van der Waals surface area contributed by atoms with Crippen molar-refractivity contribution < 1.29 is 0 Å². The fourth-order valence-electron chi connectivity index (χ4n) is 0.886. The van der Waals surface area contributed by atoms with E-state index in [1.807, 2.05) is 31.2 Å². The Morgan fingerprint density at radius 3 is 2.82 bits per heavy atom. The van der Waals surface area contributed by atoms with Crippen LogP contribution in [0.5, 0.6) is 0 Å². The zero-order chi connectivity index (χ0) is 8.27. The van der Waals surface area contributed by atoms with Crippen LogP contribution in [0.1, 0.15) is 18.4 Å². The van der Waals surface area contributed by atoms with Gasteiger partial charge in [0.25, 0.3) is 0 Å². The molecule has 1 rings (SSSR count). The van der Waals surface area contributed by atoms with Crippen LogP contribution in [0.25, 0.3) is 0 Å². The molecule has 0 saturated carbocycles. The normalized spacial score (nSPS) is 12.5. The predicted molar refractivity (Wildman–Crippen MR) is 48.7 cm³/mol. The highest BCUT2D eigenvalue weighted by Gasteiger charge is 2.00. The van der Waals surface area contributed by atoms with Gasteiger partial charge in [0, 0.05) is 17.2 Å². The van der Waals surface area contributed by atoms with E-state index < -0.39 is 0 Å². The monoisotopic (exact) mass is 167 g/mol. The maximum atomic E-state index is 7.05. The molecule has 0 amide bonds. The first-order valence-corrected chi connectivity index (χ1v) is 3.88. The molecule has 0 spiro atoms. The minimum atomic E-state index is 0.161. The molecule has 1 unspecified atom stereocenters. The molecule has 0 aliphatic rings. The molecule has 0 heterocycles. The van der Waals surface area contributed by atoms with Gasteiger partial charge in [-0.25, -0.2) is 0 Å². The lowest BCUT2D eigenvalue weighted by Crippen LogP contribution is -1.92. The molecular formula is C9H10ClN.